The van der Waals surface area contributed by atoms with E-state index in [0.717, 1.165) is 16.3 Å². The van der Waals surface area contributed by atoms with Crippen molar-refractivity contribution in [2.45, 2.75) is 0 Å². The summed E-state index contributed by atoms with van der Waals surface area (Å²) in [5.74, 6) is -0.443. The Balaban J connectivity index is 2.32. The summed E-state index contributed by atoms with van der Waals surface area (Å²) < 4.78 is 0. The highest BCUT2D eigenvalue weighted by Crippen LogP contribution is 2.36. The van der Waals surface area contributed by atoms with E-state index in [0.29, 0.717) is 10.5 Å². The average molecular weight is 283 g/mol. The Morgan fingerprint density at radius 3 is 2.40 bits per heavy atom. The molecule has 20 heavy (non-hydrogen) atoms. The predicted octanol–water partition coefficient (Wildman–Crippen LogP) is 2.91. The van der Waals surface area contributed by atoms with Gasteiger partial charge in [-0.25, -0.2) is 0 Å². The van der Waals surface area contributed by atoms with Crippen LogP contribution in [-0.2, 0) is 9.59 Å². The van der Waals surface area contributed by atoms with Crippen LogP contribution in [0.25, 0.3) is 16.3 Å². The van der Waals surface area contributed by atoms with Crippen LogP contribution < -0.4 is 0 Å². The van der Waals surface area contributed by atoms with E-state index in [-0.39, 0.29) is 11.8 Å². The number of hydrogen-bond acceptors (Lipinski definition) is 3. The molecule has 0 radical (unpaired) electrons. The fourth-order valence-electron chi connectivity index (χ4n) is 2.49. The predicted molar refractivity (Wildman–Crippen MR) is 82.2 cm³/mol. The third-order valence-electron chi connectivity index (χ3n) is 3.51. The fraction of sp³-hybridized carbons (Fsp3) is 0.125. The summed E-state index contributed by atoms with van der Waals surface area (Å²) in [7, 11) is 1.53. The molecule has 0 N–H and O–H groups in total. The van der Waals surface area contributed by atoms with Gasteiger partial charge in [0.15, 0.2) is 0 Å². The van der Waals surface area contributed by atoms with Gasteiger partial charge >= 0.3 is 0 Å². The van der Waals surface area contributed by atoms with Crippen LogP contribution in [0.5, 0.6) is 0 Å². The van der Waals surface area contributed by atoms with Crippen molar-refractivity contribution in [3.05, 3.63) is 52.9 Å². The Hall–Kier alpha value is -2.07. The first kappa shape index (κ1) is 12.9. The average Bonchev–Trinajstić information content (AvgIpc) is 2.70. The maximum atomic E-state index is 12.4. The summed E-state index contributed by atoms with van der Waals surface area (Å²) in [6.45, 7) is 0. The lowest BCUT2D eigenvalue weighted by molar-refractivity contribution is -0.134. The Bertz CT molecular complexity index is 759. The maximum absolute atomic E-state index is 12.4. The molecule has 100 valence electrons. The van der Waals surface area contributed by atoms with Gasteiger partial charge in [-0.2, -0.15) is 0 Å². The largest absolute Gasteiger partial charge is 0.277 e. The molecule has 1 aliphatic heterocycles. The van der Waals surface area contributed by atoms with Crippen LogP contribution in [0.1, 0.15) is 5.56 Å². The maximum Gasteiger partial charge on any atom is 0.267 e. The van der Waals surface area contributed by atoms with Crippen molar-refractivity contribution in [3.63, 3.8) is 0 Å². The molecule has 0 fully saturated rings. The number of benzene rings is 2. The standard InChI is InChI=1S/C16H13NO2S/c1-17-15(18)13(14(20-2)16(17)19)12-9-5-7-10-6-3-4-8-11(10)12/h3-9H,1-2H3. The molecule has 2 aromatic carbocycles. The number of nitrogens with zero attached hydrogens (tertiary/aromatic N) is 1. The molecule has 1 aliphatic rings. The Labute approximate surface area is 121 Å². The summed E-state index contributed by atoms with van der Waals surface area (Å²) in [5, 5.41) is 2.06. The van der Waals surface area contributed by atoms with Gasteiger partial charge in [0.1, 0.15) is 0 Å². The van der Waals surface area contributed by atoms with Crippen LogP contribution in [-0.4, -0.2) is 30.0 Å². The van der Waals surface area contributed by atoms with Crippen LogP contribution in [0.3, 0.4) is 0 Å². The van der Waals surface area contributed by atoms with E-state index in [2.05, 4.69) is 0 Å². The second-order valence-corrected chi connectivity index (χ2v) is 5.42. The number of carbonyl (C=O) groups excluding carboxylic acids is 2. The zero-order valence-corrected chi connectivity index (χ0v) is 12.0. The van der Waals surface area contributed by atoms with Gasteiger partial charge in [-0.15, -0.1) is 11.8 Å². The summed E-state index contributed by atoms with van der Waals surface area (Å²) in [6.07, 6.45) is 1.82. The van der Waals surface area contributed by atoms with Crippen molar-refractivity contribution >= 4 is 39.9 Å². The van der Waals surface area contributed by atoms with Crippen LogP contribution in [0.15, 0.2) is 47.4 Å². The molecule has 0 unspecified atom stereocenters. The van der Waals surface area contributed by atoms with Gasteiger partial charge in [0.25, 0.3) is 11.8 Å². The molecule has 0 saturated carbocycles. The topological polar surface area (TPSA) is 37.4 Å². The van der Waals surface area contributed by atoms with Crippen LogP contribution >= 0.6 is 11.8 Å². The molecule has 0 atom stereocenters. The normalized spacial score (nSPS) is 15.6. The number of thioether (sulfide) groups is 1. The first-order valence-electron chi connectivity index (χ1n) is 6.24. The van der Waals surface area contributed by atoms with E-state index >= 15 is 0 Å². The zero-order valence-electron chi connectivity index (χ0n) is 11.2. The summed E-state index contributed by atoms with van der Waals surface area (Å²) in [6, 6.07) is 13.7. The third-order valence-corrected chi connectivity index (χ3v) is 4.29. The lowest BCUT2D eigenvalue weighted by Gasteiger charge is -2.09. The van der Waals surface area contributed by atoms with E-state index in [1.807, 2.05) is 48.7 Å². The molecular weight excluding hydrogens is 270 g/mol. The molecule has 0 bridgehead atoms. The lowest BCUT2D eigenvalue weighted by Crippen LogP contribution is -2.26. The van der Waals surface area contributed by atoms with Gasteiger partial charge in [-0.05, 0) is 22.6 Å². The highest BCUT2D eigenvalue weighted by molar-refractivity contribution is 8.03. The number of likely N-dealkylation sites (N-methyl/N-ethyl adjacent to an activating group) is 1. The Morgan fingerprint density at radius 1 is 0.950 bits per heavy atom. The van der Waals surface area contributed by atoms with Gasteiger partial charge in [0, 0.05) is 7.05 Å². The van der Waals surface area contributed by atoms with E-state index in [9.17, 15) is 9.59 Å². The van der Waals surface area contributed by atoms with Gasteiger partial charge in [0.2, 0.25) is 0 Å². The van der Waals surface area contributed by atoms with Crippen molar-refractivity contribution < 1.29 is 9.59 Å². The highest BCUT2D eigenvalue weighted by atomic mass is 32.2. The lowest BCUT2D eigenvalue weighted by atomic mass is 9.98. The van der Waals surface area contributed by atoms with E-state index in [1.165, 1.54) is 23.7 Å². The molecular formula is C16H13NO2S. The first-order valence-corrected chi connectivity index (χ1v) is 7.46. The Morgan fingerprint density at radius 2 is 1.65 bits per heavy atom. The number of hydrogen-bond donors (Lipinski definition) is 0. The summed E-state index contributed by atoms with van der Waals surface area (Å²) in [4.78, 5) is 26.2. The summed E-state index contributed by atoms with van der Waals surface area (Å²) in [5.41, 5.74) is 1.34. The van der Waals surface area contributed by atoms with Gasteiger partial charge in [0.05, 0.1) is 10.5 Å². The molecule has 4 heteroatoms. The molecule has 0 spiro atoms. The highest BCUT2D eigenvalue weighted by Gasteiger charge is 2.36. The summed E-state index contributed by atoms with van der Waals surface area (Å²) >= 11 is 1.33. The minimum absolute atomic E-state index is 0.217. The number of rotatable bonds is 2. The van der Waals surface area contributed by atoms with E-state index in [4.69, 9.17) is 0 Å². The molecule has 3 rings (SSSR count). The van der Waals surface area contributed by atoms with Crippen molar-refractivity contribution in [2.24, 2.45) is 0 Å². The zero-order chi connectivity index (χ0) is 14.3. The molecule has 0 aromatic heterocycles. The van der Waals surface area contributed by atoms with Crippen molar-refractivity contribution in [3.8, 4) is 0 Å². The molecule has 0 saturated heterocycles. The fourth-order valence-corrected chi connectivity index (χ4v) is 3.20. The second-order valence-electron chi connectivity index (χ2n) is 4.60. The third kappa shape index (κ3) is 1.76. The monoisotopic (exact) mass is 283 g/mol. The number of fused-ring (bicyclic) bond motifs is 1. The van der Waals surface area contributed by atoms with Crippen LogP contribution in [0.4, 0.5) is 0 Å². The molecule has 0 aliphatic carbocycles. The number of carbonyl (C=O) groups is 2. The minimum atomic E-state index is -0.226. The van der Waals surface area contributed by atoms with Crippen molar-refractivity contribution in [1.82, 2.24) is 4.90 Å². The number of imide groups is 1. The van der Waals surface area contributed by atoms with Crippen LogP contribution in [0.2, 0.25) is 0 Å². The molecule has 3 nitrogen and oxygen atoms in total. The SMILES string of the molecule is CSC1=C(c2cccc3ccccc23)C(=O)N(C)C1=O. The first-order chi connectivity index (χ1) is 9.65. The van der Waals surface area contributed by atoms with E-state index < -0.39 is 0 Å². The van der Waals surface area contributed by atoms with E-state index in [1.54, 1.807) is 0 Å². The van der Waals surface area contributed by atoms with Gasteiger partial charge in [-0.1, -0.05) is 42.5 Å². The van der Waals surface area contributed by atoms with Gasteiger partial charge in [-0.3, -0.25) is 14.5 Å². The van der Waals surface area contributed by atoms with Crippen LogP contribution in [0, 0.1) is 0 Å². The van der Waals surface area contributed by atoms with Gasteiger partial charge < -0.3 is 0 Å². The quantitative estimate of drug-likeness (QED) is 0.795. The molecule has 2 aromatic rings. The van der Waals surface area contributed by atoms with Crippen molar-refractivity contribution in [1.29, 1.82) is 0 Å². The Kier molecular flexibility index (Phi) is 3.10. The second kappa shape index (κ2) is 4.80. The molecule has 1 heterocycles. The van der Waals surface area contributed by atoms with Crippen molar-refractivity contribution in [2.75, 3.05) is 13.3 Å². The minimum Gasteiger partial charge on any atom is -0.277 e. The number of amides is 2. The smallest absolute Gasteiger partial charge is 0.267 e. The molecule has 2 amide bonds.